The van der Waals surface area contributed by atoms with Gasteiger partial charge >= 0.3 is 0 Å². The van der Waals surface area contributed by atoms with Crippen LogP contribution in [0.4, 0.5) is 0 Å². The molecule has 5 heteroatoms. The summed E-state index contributed by atoms with van der Waals surface area (Å²) in [6.07, 6.45) is 3.72. The zero-order valence-corrected chi connectivity index (χ0v) is 11.5. The number of guanidine groups is 1. The number of hydrogen-bond donors (Lipinski definition) is 2. The minimum Gasteiger partial charge on any atom is -0.370 e. The molecule has 100 valence electrons. The monoisotopic (exact) mass is 249 g/mol. The smallest absolute Gasteiger partial charge is 0.188 e. The Morgan fingerprint density at radius 3 is 2.83 bits per heavy atom. The van der Waals surface area contributed by atoms with Crippen LogP contribution in [0.1, 0.15) is 23.4 Å². The van der Waals surface area contributed by atoms with Crippen molar-refractivity contribution in [1.29, 1.82) is 0 Å². The third-order valence-corrected chi connectivity index (χ3v) is 2.95. The second-order valence-corrected chi connectivity index (χ2v) is 4.31. The number of nitrogens with two attached hydrogens (primary N) is 1. The first-order valence-corrected chi connectivity index (χ1v) is 6.20. The topological polar surface area (TPSA) is 68.2 Å². The minimum atomic E-state index is 0.481. The Balaban J connectivity index is 2.40. The van der Waals surface area contributed by atoms with Crippen LogP contribution in [-0.4, -0.2) is 28.8 Å². The predicted octanol–water partition coefficient (Wildman–Crippen LogP) is 1.06. The third kappa shape index (κ3) is 3.91. The molecule has 0 amide bonds. The number of aromatic nitrogens is 2. The molecule has 0 saturated heterocycles. The van der Waals surface area contributed by atoms with Crippen LogP contribution in [0.2, 0.25) is 0 Å². The lowest BCUT2D eigenvalue weighted by Gasteiger charge is -2.03. The molecule has 3 N–H and O–H groups in total. The molecule has 0 aliphatic heterocycles. The molecule has 0 aromatic carbocycles. The molecule has 0 bridgehead atoms. The van der Waals surface area contributed by atoms with Gasteiger partial charge in [-0.1, -0.05) is 6.08 Å². The highest BCUT2D eigenvalue weighted by molar-refractivity contribution is 5.77. The number of nitrogens with zero attached hydrogens (tertiary/aromatic N) is 3. The fraction of sp³-hybridized carbons (Fsp3) is 0.538. The van der Waals surface area contributed by atoms with E-state index >= 15 is 0 Å². The molecule has 5 nitrogen and oxygen atoms in total. The Morgan fingerprint density at radius 2 is 2.28 bits per heavy atom. The fourth-order valence-electron chi connectivity index (χ4n) is 1.87. The largest absolute Gasteiger partial charge is 0.370 e. The van der Waals surface area contributed by atoms with Gasteiger partial charge in [0.05, 0.1) is 5.69 Å². The highest BCUT2D eigenvalue weighted by atomic mass is 15.3. The molecule has 0 radical (unpaired) electrons. The molecule has 0 unspecified atom stereocenters. The number of aryl methyl sites for hydroxylation is 2. The van der Waals surface area contributed by atoms with Gasteiger partial charge < -0.3 is 11.1 Å². The van der Waals surface area contributed by atoms with Crippen molar-refractivity contribution in [3.63, 3.8) is 0 Å². The van der Waals surface area contributed by atoms with Gasteiger partial charge in [0.15, 0.2) is 5.96 Å². The summed E-state index contributed by atoms with van der Waals surface area (Å²) in [4.78, 5) is 4.25. The normalized spacial score (nSPS) is 11.6. The van der Waals surface area contributed by atoms with E-state index in [1.165, 1.54) is 11.3 Å². The van der Waals surface area contributed by atoms with Crippen molar-refractivity contribution in [1.82, 2.24) is 15.1 Å². The van der Waals surface area contributed by atoms with E-state index in [9.17, 15) is 0 Å². The Kier molecular flexibility index (Phi) is 5.42. The molecule has 1 heterocycles. The van der Waals surface area contributed by atoms with Gasteiger partial charge in [-0.15, -0.1) is 6.58 Å². The Labute approximate surface area is 109 Å². The second-order valence-electron chi connectivity index (χ2n) is 4.31. The molecule has 0 aliphatic carbocycles. The van der Waals surface area contributed by atoms with Crippen LogP contribution >= 0.6 is 0 Å². The molecule has 1 aromatic rings. The van der Waals surface area contributed by atoms with Crippen LogP contribution in [0.15, 0.2) is 17.6 Å². The third-order valence-electron chi connectivity index (χ3n) is 2.95. The van der Waals surface area contributed by atoms with Gasteiger partial charge in [-0.05, 0) is 32.3 Å². The lowest BCUT2D eigenvalue weighted by molar-refractivity contribution is 0.728. The van der Waals surface area contributed by atoms with E-state index in [4.69, 9.17) is 5.73 Å². The van der Waals surface area contributed by atoms with E-state index in [1.807, 2.05) is 18.7 Å². The van der Waals surface area contributed by atoms with Crippen molar-refractivity contribution >= 4 is 5.96 Å². The molecule has 0 atom stereocenters. The maximum atomic E-state index is 5.68. The SMILES string of the molecule is C=CCNC(N)=NCCCc1c(C)nn(C)c1C. The number of hydrogen-bond acceptors (Lipinski definition) is 2. The summed E-state index contributed by atoms with van der Waals surface area (Å²) in [6, 6.07) is 0. The molecule has 1 rings (SSSR count). The van der Waals surface area contributed by atoms with Gasteiger partial charge in [0.25, 0.3) is 0 Å². The van der Waals surface area contributed by atoms with Gasteiger partial charge in [0, 0.05) is 25.8 Å². The molecule has 1 aromatic heterocycles. The Bertz CT molecular complexity index is 431. The lowest BCUT2D eigenvalue weighted by Crippen LogP contribution is -2.31. The van der Waals surface area contributed by atoms with Gasteiger partial charge in [-0.25, -0.2) is 0 Å². The molecule has 0 spiro atoms. The van der Waals surface area contributed by atoms with E-state index in [0.717, 1.165) is 25.1 Å². The maximum Gasteiger partial charge on any atom is 0.188 e. The Morgan fingerprint density at radius 1 is 1.56 bits per heavy atom. The van der Waals surface area contributed by atoms with Crippen LogP contribution < -0.4 is 11.1 Å². The zero-order chi connectivity index (χ0) is 13.5. The van der Waals surface area contributed by atoms with E-state index in [-0.39, 0.29) is 0 Å². The summed E-state index contributed by atoms with van der Waals surface area (Å²) in [5, 5.41) is 7.35. The molecular formula is C13H23N5. The van der Waals surface area contributed by atoms with E-state index < -0.39 is 0 Å². The van der Waals surface area contributed by atoms with Crippen LogP contribution in [-0.2, 0) is 13.5 Å². The minimum absolute atomic E-state index is 0.481. The van der Waals surface area contributed by atoms with Gasteiger partial charge in [-0.3, -0.25) is 9.67 Å². The van der Waals surface area contributed by atoms with Crippen molar-refractivity contribution in [3.8, 4) is 0 Å². The number of nitrogens with one attached hydrogen (secondary N) is 1. The van der Waals surface area contributed by atoms with Crippen molar-refractivity contribution < 1.29 is 0 Å². The average Bonchev–Trinajstić information content (AvgIpc) is 2.57. The summed E-state index contributed by atoms with van der Waals surface area (Å²) in [7, 11) is 1.97. The summed E-state index contributed by atoms with van der Waals surface area (Å²) in [6.45, 7) is 9.13. The Hall–Kier alpha value is -1.78. The van der Waals surface area contributed by atoms with Gasteiger partial charge in [0.2, 0.25) is 0 Å². The number of aliphatic imine (C=N–C) groups is 1. The fourth-order valence-corrected chi connectivity index (χ4v) is 1.87. The standard InChI is InChI=1S/C13H23N5/c1-5-8-15-13(14)16-9-6-7-12-10(2)17-18(4)11(12)3/h5H,1,6-9H2,2-4H3,(H3,14,15,16). The highest BCUT2D eigenvalue weighted by Gasteiger charge is 2.08. The van der Waals surface area contributed by atoms with Crippen LogP contribution in [0.5, 0.6) is 0 Å². The van der Waals surface area contributed by atoms with Crippen LogP contribution in [0.25, 0.3) is 0 Å². The first-order valence-electron chi connectivity index (χ1n) is 6.20. The zero-order valence-electron chi connectivity index (χ0n) is 11.5. The van der Waals surface area contributed by atoms with E-state index in [0.29, 0.717) is 12.5 Å². The van der Waals surface area contributed by atoms with Crippen molar-refractivity contribution in [2.75, 3.05) is 13.1 Å². The van der Waals surface area contributed by atoms with E-state index in [2.05, 4.69) is 28.9 Å². The molecule has 0 aliphatic rings. The van der Waals surface area contributed by atoms with Gasteiger partial charge in [-0.2, -0.15) is 5.10 Å². The lowest BCUT2D eigenvalue weighted by atomic mass is 10.1. The maximum absolute atomic E-state index is 5.68. The quantitative estimate of drug-likeness (QED) is 0.343. The molecule has 0 fully saturated rings. The van der Waals surface area contributed by atoms with Gasteiger partial charge in [0.1, 0.15) is 0 Å². The summed E-state index contributed by atoms with van der Waals surface area (Å²) >= 11 is 0. The summed E-state index contributed by atoms with van der Waals surface area (Å²) < 4.78 is 1.92. The van der Waals surface area contributed by atoms with Crippen LogP contribution in [0.3, 0.4) is 0 Å². The van der Waals surface area contributed by atoms with Crippen molar-refractivity contribution in [3.05, 3.63) is 29.6 Å². The molecule has 0 saturated carbocycles. The second kappa shape index (κ2) is 6.83. The summed E-state index contributed by atoms with van der Waals surface area (Å²) in [5.41, 5.74) is 9.34. The molecular weight excluding hydrogens is 226 g/mol. The van der Waals surface area contributed by atoms with Crippen molar-refractivity contribution in [2.45, 2.75) is 26.7 Å². The first-order chi connectivity index (χ1) is 8.56. The molecule has 18 heavy (non-hydrogen) atoms. The average molecular weight is 249 g/mol. The van der Waals surface area contributed by atoms with Crippen LogP contribution in [0, 0.1) is 13.8 Å². The predicted molar refractivity (Wildman–Crippen MR) is 75.7 cm³/mol. The van der Waals surface area contributed by atoms with Crippen molar-refractivity contribution in [2.24, 2.45) is 17.8 Å². The first kappa shape index (κ1) is 14.3. The van der Waals surface area contributed by atoms with E-state index in [1.54, 1.807) is 6.08 Å². The highest BCUT2D eigenvalue weighted by Crippen LogP contribution is 2.13. The summed E-state index contributed by atoms with van der Waals surface area (Å²) in [5.74, 6) is 0.481. The number of rotatable bonds is 6.